The highest BCUT2D eigenvalue weighted by Crippen LogP contribution is 2.32. The smallest absolute Gasteiger partial charge is 0.287 e. The van der Waals surface area contributed by atoms with Crippen molar-refractivity contribution in [2.45, 2.75) is 26.7 Å². The van der Waals surface area contributed by atoms with Gasteiger partial charge in [-0.15, -0.1) is 11.3 Å². The van der Waals surface area contributed by atoms with Gasteiger partial charge in [0, 0.05) is 19.0 Å². The molecule has 2 aromatic heterocycles. The molecule has 0 aliphatic rings. The van der Waals surface area contributed by atoms with Gasteiger partial charge < -0.3 is 0 Å². The topological polar surface area (TPSA) is 44.0 Å². The number of hydrogen-bond acceptors (Lipinski definition) is 3. The molecule has 0 atom stereocenters. The first kappa shape index (κ1) is 12.1. The molecule has 0 aliphatic carbocycles. The summed E-state index contributed by atoms with van der Waals surface area (Å²) in [7, 11) is 3.24. The summed E-state index contributed by atoms with van der Waals surface area (Å²) in [6.07, 6.45) is 0. The maximum atomic E-state index is 12.2. The number of thiophene rings is 1. The zero-order chi connectivity index (χ0) is 12.9. The summed E-state index contributed by atoms with van der Waals surface area (Å²) < 4.78 is 2.74. The molecule has 0 N–H and O–H groups in total. The molecule has 0 fully saturated rings. The summed E-state index contributed by atoms with van der Waals surface area (Å²) >= 11 is 1.52. The first-order valence-corrected chi connectivity index (χ1v) is 6.37. The van der Waals surface area contributed by atoms with Crippen molar-refractivity contribution in [1.82, 2.24) is 9.13 Å². The number of nitrogens with zero attached hydrogens (tertiary/aromatic N) is 2. The maximum Gasteiger partial charge on any atom is 0.331 e. The van der Waals surface area contributed by atoms with E-state index in [9.17, 15) is 9.59 Å². The van der Waals surface area contributed by atoms with Crippen LogP contribution in [0.5, 0.6) is 0 Å². The van der Waals surface area contributed by atoms with Crippen molar-refractivity contribution in [2.24, 2.45) is 14.1 Å². The second-order valence-electron chi connectivity index (χ2n) is 4.61. The van der Waals surface area contributed by atoms with Crippen LogP contribution in [0, 0.1) is 6.92 Å². The molecule has 2 rings (SSSR count). The molecule has 0 aliphatic heterocycles. The van der Waals surface area contributed by atoms with Crippen LogP contribution in [0.2, 0.25) is 0 Å². The minimum Gasteiger partial charge on any atom is -0.287 e. The molecule has 0 aromatic carbocycles. The molecular weight excluding hydrogens is 236 g/mol. The van der Waals surface area contributed by atoms with E-state index < -0.39 is 0 Å². The van der Waals surface area contributed by atoms with Gasteiger partial charge in [-0.25, -0.2) is 4.79 Å². The lowest BCUT2D eigenvalue weighted by Crippen LogP contribution is -2.36. The van der Waals surface area contributed by atoms with Gasteiger partial charge >= 0.3 is 5.69 Å². The Kier molecular flexibility index (Phi) is 2.73. The van der Waals surface area contributed by atoms with E-state index >= 15 is 0 Å². The van der Waals surface area contributed by atoms with Gasteiger partial charge in [0.1, 0.15) is 4.83 Å². The Hall–Kier alpha value is -1.36. The van der Waals surface area contributed by atoms with Gasteiger partial charge in [-0.3, -0.25) is 13.9 Å². The molecule has 0 saturated heterocycles. The lowest BCUT2D eigenvalue weighted by molar-refractivity contribution is 0.715. The monoisotopic (exact) mass is 252 g/mol. The Bertz CT molecular complexity index is 704. The first-order chi connectivity index (χ1) is 7.86. The fourth-order valence-electron chi connectivity index (χ4n) is 2.25. The predicted octanol–water partition coefficient (Wildman–Crippen LogP) is 1.73. The van der Waals surface area contributed by atoms with Gasteiger partial charge in [0.15, 0.2) is 0 Å². The fraction of sp³-hybridized carbons (Fsp3) is 0.500. The van der Waals surface area contributed by atoms with E-state index in [2.05, 4.69) is 13.8 Å². The van der Waals surface area contributed by atoms with Crippen molar-refractivity contribution in [3.8, 4) is 0 Å². The Balaban J connectivity index is 3.13. The largest absolute Gasteiger partial charge is 0.331 e. The lowest BCUT2D eigenvalue weighted by Gasteiger charge is -2.07. The highest BCUT2D eigenvalue weighted by atomic mass is 32.1. The Morgan fingerprint density at radius 3 is 2.24 bits per heavy atom. The van der Waals surface area contributed by atoms with E-state index in [1.807, 2.05) is 6.92 Å². The molecule has 0 unspecified atom stereocenters. The molecule has 5 heteroatoms. The van der Waals surface area contributed by atoms with Crippen molar-refractivity contribution in [3.63, 3.8) is 0 Å². The minimum atomic E-state index is -0.265. The van der Waals surface area contributed by atoms with Crippen molar-refractivity contribution < 1.29 is 0 Å². The number of aryl methyl sites for hydroxylation is 2. The van der Waals surface area contributed by atoms with Crippen LogP contribution in [0.25, 0.3) is 10.2 Å². The number of aromatic nitrogens is 2. The fourth-order valence-corrected chi connectivity index (χ4v) is 3.50. The van der Waals surface area contributed by atoms with Gasteiger partial charge in [-0.05, 0) is 18.4 Å². The highest BCUT2D eigenvalue weighted by molar-refractivity contribution is 7.18. The van der Waals surface area contributed by atoms with Crippen LogP contribution >= 0.6 is 11.3 Å². The first-order valence-electron chi connectivity index (χ1n) is 5.55. The van der Waals surface area contributed by atoms with Gasteiger partial charge in [0.25, 0.3) is 5.56 Å². The highest BCUT2D eigenvalue weighted by Gasteiger charge is 2.19. The zero-order valence-corrected chi connectivity index (χ0v) is 11.5. The van der Waals surface area contributed by atoms with Crippen molar-refractivity contribution in [2.75, 3.05) is 0 Å². The van der Waals surface area contributed by atoms with E-state index in [1.165, 1.54) is 23.0 Å². The Labute approximate surface area is 103 Å². The quantitative estimate of drug-likeness (QED) is 0.776. The van der Waals surface area contributed by atoms with E-state index in [0.717, 1.165) is 15.3 Å². The molecule has 0 spiro atoms. The molecule has 4 nitrogen and oxygen atoms in total. The molecule has 0 bridgehead atoms. The minimum absolute atomic E-state index is 0.184. The van der Waals surface area contributed by atoms with Crippen molar-refractivity contribution in [3.05, 3.63) is 31.3 Å². The normalized spacial score (nSPS) is 11.6. The standard InChI is InChI=1S/C12H16N2O2S/c1-6(2)8-7(3)17-11-9(8)10(15)13(4)12(16)14(11)5/h6H,1-5H3. The SMILES string of the molecule is Cc1sc2c(c1C(C)C)c(=O)n(C)c(=O)n2C. The molecule has 2 aromatic rings. The third-order valence-corrected chi connectivity index (χ3v) is 4.28. The van der Waals surface area contributed by atoms with Gasteiger partial charge in [0.2, 0.25) is 0 Å². The number of rotatable bonds is 1. The number of hydrogen-bond donors (Lipinski definition) is 0. The summed E-state index contributed by atoms with van der Waals surface area (Å²) in [5.74, 6) is 0.286. The maximum absolute atomic E-state index is 12.2. The molecule has 92 valence electrons. The predicted molar refractivity (Wildman–Crippen MR) is 71.1 cm³/mol. The van der Waals surface area contributed by atoms with E-state index in [4.69, 9.17) is 0 Å². The van der Waals surface area contributed by atoms with E-state index in [1.54, 1.807) is 11.6 Å². The third kappa shape index (κ3) is 1.57. The molecule has 17 heavy (non-hydrogen) atoms. The van der Waals surface area contributed by atoms with Crippen molar-refractivity contribution in [1.29, 1.82) is 0 Å². The van der Waals surface area contributed by atoms with Crippen LogP contribution in [0.4, 0.5) is 0 Å². The summed E-state index contributed by atoms with van der Waals surface area (Å²) in [6.45, 7) is 6.14. The Morgan fingerprint density at radius 1 is 1.12 bits per heavy atom. The van der Waals surface area contributed by atoms with Crippen LogP contribution in [-0.2, 0) is 14.1 Å². The van der Waals surface area contributed by atoms with Crippen LogP contribution in [0.3, 0.4) is 0 Å². The van der Waals surface area contributed by atoms with Gasteiger partial charge in [0.05, 0.1) is 5.39 Å². The Morgan fingerprint density at radius 2 is 1.71 bits per heavy atom. The second kappa shape index (κ2) is 3.84. The third-order valence-electron chi connectivity index (χ3n) is 3.09. The summed E-state index contributed by atoms with van der Waals surface area (Å²) in [5, 5.41) is 0.701. The molecule has 0 amide bonds. The summed E-state index contributed by atoms with van der Waals surface area (Å²) in [5.41, 5.74) is 0.622. The van der Waals surface area contributed by atoms with Crippen molar-refractivity contribution >= 4 is 21.6 Å². The summed E-state index contributed by atoms with van der Waals surface area (Å²) in [4.78, 5) is 25.9. The molecular formula is C12H16N2O2S. The molecule has 2 heterocycles. The lowest BCUT2D eigenvalue weighted by atomic mass is 10.0. The number of fused-ring (bicyclic) bond motifs is 1. The second-order valence-corrected chi connectivity index (χ2v) is 5.82. The van der Waals surface area contributed by atoms with Crippen LogP contribution in [0.15, 0.2) is 9.59 Å². The van der Waals surface area contributed by atoms with E-state index in [0.29, 0.717) is 5.39 Å². The van der Waals surface area contributed by atoms with E-state index in [-0.39, 0.29) is 17.2 Å². The van der Waals surface area contributed by atoms with Crippen LogP contribution in [-0.4, -0.2) is 9.13 Å². The summed E-state index contributed by atoms with van der Waals surface area (Å²) in [6, 6.07) is 0. The van der Waals surface area contributed by atoms with Gasteiger partial charge in [-0.2, -0.15) is 0 Å². The van der Waals surface area contributed by atoms with Crippen LogP contribution < -0.4 is 11.2 Å². The van der Waals surface area contributed by atoms with Crippen LogP contribution in [0.1, 0.15) is 30.2 Å². The molecule has 0 radical (unpaired) electrons. The zero-order valence-electron chi connectivity index (χ0n) is 10.7. The van der Waals surface area contributed by atoms with Gasteiger partial charge in [-0.1, -0.05) is 13.8 Å². The molecule has 0 saturated carbocycles. The average molecular weight is 252 g/mol. The average Bonchev–Trinajstić information content (AvgIpc) is 2.61.